The van der Waals surface area contributed by atoms with E-state index in [1.54, 1.807) is 0 Å². The first-order valence-corrected chi connectivity index (χ1v) is 15.2. The first kappa shape index (κ1) is 29.3. The van der Waals surface area contributed by atoms with Crippen LogP contribution in [0.2, 0.25) is 0 Å². The molecule has 216 valence electrons. The Balaban J connectivity index is 1.40. The number of benzene rings is 4. The third kappa shape index (κ3) is 7.97. The van der Waals surface area contributed by atoms with E-state index in [0.717, 1.165) is 43.1 Å². The smallest absolute Gasteiger partial charge is 0.115 e. The molecule has 0 spiro atoms. The van der Waals surface area contributed by atoms with Crippen LogP contribution in [0.25, 0.3) is 65.2 Å². The summed E-state index contributed by atoms with van der Waals surface area (Å²) < 4.78 is 0. The van der Waals surface area contributed by atoms with E-state index < -0.39 is 0 Å². The maximum atomic E-state index is 4.64. The minimum Gasteiger partial charge on any atom is -0.231 e. The van der Waals surface area contributed by atoms with Crippen molar-refractivity contribution in [1.29, 1.82) is 0 Å². The first-order valence-electron chi connectivity index (χ1n) is 15.2. The molecule has 4 aromatic carbocycles. The molecular weight excluding hydrogens is 581 g/mol. The van der Waals surface area contributed by atoms with Gasteiger partial charge in [0.25, 0.3) is 0 Å². The summed E-state index contributed by atoms with van der Waals surface area (Å²) in [5.74, 6) is 0. The summed E-state index contributed by atoms with van der Waals surface area (Å²) in [6.07, 6.45) is 0. The van der Waals surface area contributed by atoms with Gasteiger partial charge in [-0.2, -0.15) is 0 Å². The van der Waals surface area contributed by atoms with E-state index in [2.05, 4.69) is 82.8 Å². The van der Waals surface area contributed by atoms with Gasteiger partial charge < -0.3 is 0 Å². The minimum absolute atomic E-state index is 0.643. The highest BCUT2D eigenvalue weighted by molar-refractivity contribution is 5.68. The zero-order chi connectivity index (χ0) is 32.4. The lowest BCUT2D eigenvalue weighted by atomic mass is 10.2. The van der Waals surface area contributed by atoms with E-state index in [-0.39, 0.29) is 0 Å². The van der Waals surface area contributed by atoms with Gasteiger partial charge in [-0.05, 0) is 121 Å². The molecule has 0 aliphatic heterocycles. The van der Waals surface area contributed by atoms with Gasteiger partial charge in [-0.3, -0.25) is 0 Å². The Hall–Kier alpha value is -7.46. The molecule has 2 nitrogen and oxygen atoms in total. The van der Waals surface area contributed by atoms with Gasteiger partial charge in [0, 0.05) is 43.1 Å². The van der Waals surface area contributed by atoms with Gasteiger partial charge in [-0.15, -0.1) is 0 Å². The highest BCUT2D eigenvalue weighted by Gasteiger charge is 1.87. The number of fused-ring (bicyclic) bond motifs is 12. The van der Waals surface area contributed by atoms with E-state index >= 15 is 0 Å². The molecule has 12 bridgehead atoms. The maximum Gasteiger partial charge on any atom is 0.115 e. The van der Waals surface area contributed by atoms with Gasteiger partial charge in [0.05, 0.1) is 0 Å². The van der Waals surface area contributed by atoms with E-state index in [9.17, 15) is 0 Å². The predicted molar refractivity (Wildman–Crippen MR) is 192 cm³/mol. The van der Waals surface area contributed by atoms with E-state index in [0.29, 0.717) is 22.1 Å². The predicted octanol–water partition coefficient (Wildman–Crippen LogP) is 10.1. The lowest BCUT2D eigenvalue weighted by molar-refractivity contribution is 1.48. The number of hydrogen-bond donors (Lipinski definition) is 0. The van der Waals surface area contributed by atoms with Crippen LogP contribution in [-0.4, -0.2) is 9.97 Å². The maximum absolute atomic E-state index is 4.64. The number of hydrogen-bond acceptors (Lipinski definition) is 2. The molecule has 3 heterocycles. The van der Waals surface area contributed by atoms with Crippen molar-refractivity contribution in [3.63, 3.8) is 0 Å². The van der Waals surface area contributed by atoms with E-state index in [1.807, 2.05) is 133 Å². The average molecular weight is 603 g/mol. The van der Waals surface area contributed by atoms with Crippen molar-refractivity contribution < 1.29 is 0 Å². The quantitative estimate of drug-likeness (QED) is 0.173. The van der Waals surface area contributed by atoms with Crippen molar-refractivity contribution in [2.24, 2.45) is 0 Å². The molecule has 0 N–H and O–H groups in total. The Bertz CT molecular complexity index is 1960. The Morgan fingerprint density at radius 3 is 0.646 bits per heavy atom. The van der Waals surface area contributed by atoms with Crippen molar-refractivity contribution >= 4 is 65.2 Å². The first-order chi connectivity index (χ1) is 23.7. The summed E-state index contributed by atoms with van der Waals surface area (Å²) in [4.78, 5) is 9.27. The van der Waals surface area contributed by atoms with Crippen LogP contribution in [0.5, 0.6) is 0 Å². The largest absolute Gasteiger partial charge is 0.231 e. The van der Waals surface area contributed by atoms with Crippen LogP contribution in [0.1, 0.15) is 0 Å². The Morgan fingerprint density at radius 2 is 0.417 bits per heavy atom. The number of aromatic nitrogens is 2. The second-order valence-electron chi connectivity index (χ2n) is 10.6. The Morgan fingerprint density at radius 1 is 0.229 bits per heavy atom. The van der Waals surface area contributed by atoms with Crippen LogP contribution in [0.4, 0.5) is 0 Å². The van der Waals surface area contributed by atoms with Gasteiger partial charge in [-0.1, -0.05) is 84.9 Å². The topological polar surface area (TPSA) is 25.8 Å². The summed E-state index contributed by atoms with van der Waals surface area (Å²) in [5.41, 5.74) is 2.57. The molecule has 0 fully saturated rings. The SMILES string of the molecule is c1c2cccc(c#cc3cccc(c#cc4cccc(c#cc5cccc(c#cc6cccc(c#cc7cccc(c#1)c7)n6)c5)c4)n3)c2. The summed E-state index contributed by atoms with van der Waals surface area (Å²) in [5, 5.41) is 6.87. The standard InChI is InChI=1S/C46H22N2/c1-7-35-19-20-36-8-2-12-40(32-36)24-29-45-17-6-18-46(48-45)30-26-42-14-4-10-38(34-42)22-21-37-9-3-13-41(33-37)25-28-44-16-5-15-43(47-44)27-23-39(11-1)31-35/h1-18,31-34H. The minimum atomic E-state index is 0.643. The van der Waals surface area contributed by atoms with Crippen LogP contribution in [0, 0.1) is 72.8 Å². The summed E-state index contributed by atoms with van der Waals surface area (Å²) in [6, 6.07) is 81.3. The van der Waals surface area contributed by atoms with Crippen molar-refractivity contribution in [2.75, 3.05) is 0 Å². The molecule has 3 aromatic heterocycles. The molecule has 0 aliphatic rings. The summed E-state index contributed by atoms with van der Waals surface area (Å²) in [7, 11) is 0. The fourth-order valence-corrected chi connectivity index (χ4v) is 4.68. The average Bonchev–Trinajstić information content (AvgIpc) is 3.14. The van der Waals surface area contributed by atoms with Gasteiger partial charge >= 0.3 is 0 Å². The van der Waals surface area contributed by atoms with Gasteiger partial charge in [0.2, 0.25) is 0 Å². The molecule has 2 heteroatoms. The fourth-order valence-electron chi connectivity index (χ4n) is 4.68. The highest BCUT2D eigenvalue weighted by atomic mass is 14.7. The molecule has 0 radical (unpaired) electrons. The van der Waals surface area contributed by atoms with Crippen LogP contribution >= 0.6 is 0 Å². The summed E-state index contributed by atoms with van der Waals surface area (Å²) >= 11 is 0. The number of pyridine rings is 2. The second kappa shape index (κ2) is 14.1. The monoisotopic (exact) mass is 602 g/mol. The van der Waals surface area contributed by atoms with Gasteiger partial charge in [0.1, 0.15) is 22.1 Å². The Labute approximate surface area is 280 Å². The molecule has 0 saturated carbocycles. The molecule has 48 heavy (non-hydrogen) atoms. The molecule has 0 unspecified atom stereocenters. The van der Waals surface area contributed by atoms with Gasteiger partial charge in [-0.25, -0.2) is 9.97 Å². The summed E-state index contributed by atoms with van der Waals surface area (Å²) in [6.45, 7) is 0. The van der Waals surface area contributed by atoms with Crippen LogP contribution in [0.3, 0.4) is 0 Å². The van der Waals surface area contributed by atoms with Crippen molar-refractivity contribution in [2.45, 2.75) is 0 Å². The number of rotatable bonds is 0. The van der Waals surface area contributed by atoms with Crippen molar-refractivity contribution in [1.82, 2.24) is 9.97 Å². The molecule has 0 atom stereocenters. The lowest BCUT2D eigenvalue weighted by Gasteiger charge is -1.86. The Kier molecular flexibility index (Phi) is 8.60. The zero-order valence-corrected chi connectivity index (χ0v) is 25.6. The van der Waals surface area contributed by atoms with Crippen LogP contribution in [0.15, 0.2) is 133 Å². The molecule has 0 saturated heterocycles. The molecular formula is C46H22N2. The lowest BCUT2D eigenvalue weighted by Crippen LogP contribution is -1.71. The van der Waals surface area contributed by atoms with Crippen molar-refractivity contribution in [3.05, 3.63) is 206 Å². The fraction of sp³-hybridized carbons (Fsp3) is 0. The van der Waals surface area contributed by atoms with E-state index in [1.165, 1.54) is 0 Å². The number of nitrogens with zero attached hydrogens (tertiary/aromatic N) is 2. The van der Waals surface area contributed by atoms with E-state index in [4.69, 9.17) is 0 Å². The molecule has 7 aromatic rings. The van der Waals surface area contributed by atoms with Gasteiger partial charge in [0.15, 0.2) is 0 Å². The molecule has 0 aliphatic carbocycles. The normalized spacial score (nSPS) is 9.50. The highest BCUT2D eigenvalue weighted by Crippen LogP contribution is 2.07. The third-order valence-corrected chi connectivity index (χ3v) is 6.99. The third-order valence-electron chi connectivity index (χ3n) is 6.99. The molecule has 7 rings (SSSR count). The van der Waals surface area contributed by atoms with Crippen LogP contribution in [-0.2, 0) is 0 Å². The van der Waals surface area contributed by atoms with Crippen molar-refractivity contribution in [3.8, 4) is 0 Å². The second-order valence-corrected chi connectivity index (χ2v) is 10.6. The zero-order valence-electron chi connectivity index (χ0n) is 25.6. The molecule has 0 amide bonds. The van der Waals surface area contributed by atoms with Crippen LogP contribution < -0.4 is 0 Å².